The highest BCUT2D eigenvalue weighted by Gasteiger charge is 2.42. The number of rotatable bonds is 16. The molecule has 43 heavy (non-hydrogen) atoms. The number of nitrogens with one attached hydrogen (secondary N) is 1. The standard InChI is InChI=1S/C32H51N5O5S/c1-7-21(2)29(36(4)28(39)20-33)26(41-5)19-27(38)37-16-11-14-25(37)30(42-6)22(3)31(40)35-24(32-34-15-17-43-32)18-23-12-9-8-10-13-23/h8-10,12-13,15,21-22,24-26,29-30,32H,7,11,14,16-20,33H2,1-6H3,(H,35,40). The fraction of sp³-hybridized carbons (Fsp3) is 0.688. The normalized spacial score (nSPS) is 22.4. The third-order valence-corrected chi connectivity index (χ3v) is 10.2. The van der Waals surface area contributed by atoms with Crippen molar-refractivity contribution in [3.8, 4) is 0 Å². The molecule has 1 aromatic rings. The van der Waals surface area contributed by atoms with E-state index in [4.69, 9.17) is 15.2 Å². The van der Waals surface area contributed by atoms with Gasteiger partial charge in [0.1, 0.15) is 5.37 Å². The summed E-state index contributed by atoms with van der Waals surface area (Å²) in [5, 5.41) is 3.22. The van der Waals surface area contributed by atoms with Crippen LogP contribution in [0.3, 0.4) is 0 Å². The van der Waals surface area contributed by atoms with Crippen molar-refractivity contribution in [2.45, 2.75) is 88.6 Å². The summed E-state index contributed by atoms with van der Waals surface area (Å²) in [6, 6.07) is 9.42. The number of likely N-dealkylation sites (N-methyl/N-ethyl adjacent to an activating group) is 1. The summed E-state index contributed by atoms with van der Waals surface area (Å²) >= 11 is 1.72. The van der Waals surface area contributed by atoms with Crippen molar-refractivity contribution < 1.29 is 23.9 Å². The Morgan fingerprint density at radius 2 is 1.91 bits per heavy atom. The minimum absolute atomic E-state index is 0.0457. The van der Waals surface area contributed by atoms with E-state index in [0.717, 1.165) is 30.6 Å². The van der Waals surface area contributed by atoms with Crippen LogP contribution in [0.1, 0.15) is 52.0 Å². The van der Waals surface area contributed by atoms with Crippen LogP contribution in [0, 0.1) is 11.8 Å². The van der Waals surface area contributed by atoms with Crippen LogP contribution >= 0.6 is 11.8 Å². The summed E-state index contributed by atoms with van der Waals surface area (Å²) in [6.45, 7) is 6.47. The fourth-order valence-electron chi connectivity index (χ4n) is 6.43. The first kappa shape index (κ1) is 35.0. The van der Waals surface area contributed by atoms with Gasteiger partial charge in [0.05, 0.1) is 49.2 Å². The maximum absolute atomic E-state index is 13.8. The molecule has 11 heteroatoms. The molecule has 8 unspecified atom stereocenters. The van der Waals surface area contributed by atoms with Gasteiger partial charge in [-0.3, -0.25) is 19.4 Å². The largest absolute Gasteiger partial charge is 0.379 e. The molecule has 0 bridgehead atoms. The summed E-state index contributed by atoms with van der Waals surface area (Å²) in [6.07, 6.45) is 4.13. The zero-order chi connectivity index (χ0) is 31.5. The highest BCUT2D eigenvalue weighted by Crippen LogP contribution is 2.30. The predicted molar refractivity (Wildman–Crippen MR) is 172 cm³/mol. The summed E-state index contributed by atoms with van der Waals surface area (Å²) < 4.78 is 11.8. The van der Waals surface area contributed by atoms with E-state index in [-0.39, 0.29) is 60.1 Å². The van der Waals surface area contributed by atoms with Crippen molar-refractivity contribution in [2.75, 3.05) is 40.1 Å². The smallest absolute Gasteiger partial charge is 0.236 e. The van der Waals surface area contributed by atoms with E-state index in [1.807, 2.05) is 36.2 Å². The molecule has 8 atom stereocenters. The van der Waals surface area contributed by atoms with E-state index in [2.05, 4.69) is 36.3 Å². The van der Waals surface area contributed by atoms with Crippen LogP contribution in [-0.2, 0) is 30.3 Å². The molecular formula is C32H51N5O5S. The average Bonchev–Trinajstić information content (AvgIpc) is 3.74. The average molecular weight is 618 g/mol. The first-order chi connectivity index (χ1) is 20.7. The lowest BCUT2D eigenvalue weighted by Gasteiger charge is -2.39. The molecule has 0 aliphatic carbocycles. The van der Waals surface area contributed by atoms with Gasteiger partial charge >= 0.3 is 0 Å². The molecule has 2 aliphatic heterocycles. The van der Waals surface area contributed by atoms with Gasteiger partial charge in [-0.05, 0) is 30.7 Å². The van der Waals surface area contributed by atoms with Gasteiger partial charge in [-0.15, -0.1) is 11.8 Å². The summed E-state index contributed by atoms with van der Waals surface area (Å²) in [4.78, 5) is 48.1. The maximum Gasteiger partial charge on any atom is 0.236 e. The van der Waals surface area contributed by atoms with Gasteiger partial charge in [0.15, 0.2) is 0 Å². The third kappa shape index (κ3) is 9.03. The predicted octanol–water partition coefficient (Wildman–Crippen LogP) is 2.74. The lowest BCUT2D eigenvalue weighted by molar-refractivity contribution is -0.145. The molecule has 1 aromatic carbocycles. The van der Waals surface area contributed by atoms with Gasteiger partial charge in [-0.1, -0.05) is 57.5 Å². The van der Waals surface area contributed by atoms with Crippen LogP contribution in [0.5, 0.6) is 0 Å². The van der Waals surface area contributed by atoms with Crippen molar-refractivity contribution in [3.63, 3.8) is 0 Å². The number of thioether (sulfide) groups is 1. The van der Waals surface area contributed by atoms with Crippen molar-refractivity contribution >= 4 is 35.7 Å². The molecule has 3 rings (SSSR count). The number of benzene rings is 1. The Morgan fingerprint density at radius 3 is 2.49 bits per heavy atom. The third-order valence-electron chi connectivity index (χ3n) is 9.04. The number of likely N-dealkylation sites (tertiary alicyclic amines) is 1. The fourth-order valence-corrected chi connectivity index (χ4v) is 7.36. The first-order valence-electron chi connectivity index (χ1n) is 15.4. The Hall–Kier alpha value is -2.47. The molecule has 2 heterocycles. The van der Waals surface area contributed by atoms with Crippen LogP contribution in [0.25, 0.3) is 0 Å². The van der Waals surface area contributed by atoms with Crippen LogP contribution in [-0.4, -0.2) is 110 Å². The molecular weight excluding hydrogens is 566 g/mol. The zero-order valence-electron chi connectivity index (χ0n) is 26.6. The van der Waals surface area contributed by atoms with E-state index < -0.39 is 18.1 Å². The van der Waals surface area contributed by atoms with E-state index in [9.17, 15) is 14.4 Å². The number of nitrogens with zero attached hydrogens (tertiary/aromatic N) is 3. The molecule has 2 aliphatic rings. The molecule has 3 amide bonds. The van der Waals surface area contributed by atoms with Crippen LogP contribution in [0.15, 0.2) is 35.3 Å². The Kier molecular flexibility index (Phi) is 13.9. The SMILES string of the molecule is CCC(C)C(C(CC(=O)N1CCCC1C(OC)C(C)C(=O)NC(Cc1ccccc1)C1N=CCS1)OC)N(C)C(=O)CN. The number of carbonyl (C=O) groups excluding carboxylic acids is 3. The minimum Gasteiger partial charge on any atom is -0.379 e. The Morgan fingerprint density at radius 1 is 1.19 bits per heavy atom. The van der Waals surface area contributed by atoms with Crippen LogP contribution in [0.2, 0.25) is 0 Å². The van der Waals surface area contributed by atoms with E-state index in [0.29, 0.717) is 13.0 Å². The van der Waals surface area contributed by atoms with Crippen LogP contribution < -0.4 is 11.1 Å². The molecule has 0 aromatic heterocycles. The lowest BCUT2D eigenvalue weighted by atomic mass is 9.90. The van der Waals surface area contributed by atoms with Crippen molar-refractivity contribution in [1.29, 1.82) is 0 Å². The Bertz CT molecular complexity index is 1080. The molecule has 0 saturated carbocycles. The highest BCUT2D eigenvalue weighted by molar-refractivity contribution is 8.00. The molecule has 3 N–H and O–H groups in total. The molecule has 0 radical (unpaired) electrons. The van der Waals surface area contributed by atoms with E-state index >= 15 is 0 Å². The molecule has 1 saturated heterocycles. The van der Waals surface area contributed by atoms with Gasteiger partial charge in [-0.2, -0.15) is 0 Å². The van der Waals surface area contributed by atoms with E-state index in [1.54, 1.807) is 37.9 Å². The number of ether oxygens (including phenoxy) is 2. The quantitative estimate of drug-likeness (QED) is 0.292. The monoisotopic (exact) mass is 617 g/mol. The highest BCUT2D eigenvalue weighted by atomic mass is 32.2. The maximum atomic E-state index is 13.8. The van der Waals surface area contributed by atoms with Gasteiger partial charge < -0.3 is 30.3 Å². The molecule has 240 valence electrons. The molecule has 10 nitrogen and oxygen atoms in total. The van der Waals surface area contributed by atoms with Gasteiger partial charge in [-0.25, -0.2) is 0 Å². The number of amides is 3. The topological polar surface area (TPSA) is 127 Å². The summed E-state index contributed by atoms with van der Waals surface area (Å²) in [5.74, 6) is 0.0848. The number of aliphatic imine (C=N–C) groups is 1. The van der Waals surface area contributed by atoms with Gasteiger partial charge in [0.25, 0.3) is 0 Å². The van der Waals surface area contributed by atoms with E-state index in [1.165, 1.54) is 0 Å². The Labute approximate surface area is 261 Å². The van der Waals surface area contributed by atoms with Crippen LogP contribution in [0.4, 0.5) is 0 Å². The van der Waals surface area contributed by atoms with Crippen molar-refractivity contribution in [1.82, 2.24) is 15.1 Å². The number of carbonyl (C=O) groups is 3. The number of methoxy groups -OCH3 is 2. The van der Waals surface area contributed by atoms with Gasteiger partial charge in [0.2, 0.25) is 17.7 Å². The number of hydrogen-bond donors (Lipinski definition) is 2. The minimum atomic E-state index is -0.492. The number of nitrogens with two attached hydrogens (primary N) is 1. The second-order valence-corrected chi connectivity index (χ2v) is 12.9. The number of hydrogen-bond acceptors (Lipinski definition) is 8. The summed E-state index contributed by atoms with van der Waals surface area (Å²) in [5.41, 5.74) is 6.80. The zero-order valence-corrected chi connectivity index (χ0v) is 27.4. The van der Waals surface area contributed by atoms with Gasteiger partial charge in [0, 0.05) is 39.8 Å². The molecule has 0 spiro atoms. The lowest BCUT2D eigenvalue weighted by Crippen LogP contribution is -2.54. The van der Waals surface area contributed by atoms with Crippen molar-refractivity contribution in [2.24, 2.45) is 22.6 Å². The van der Waals surface area contributed by atoms with Crippen molar-refractivity contribution in [3.05, 3.63) is 35.9 Å². The first-order valence-corrected chi connectivity index (χ1v) is 16.5. The Balaban J connectivity index is 1.73. The second kappa shape index (κ2) is 17.1. The second-order valence-electron chi connectivity index (χ2n) is 11.7. The molecule has 1 fully saturated rings. The summed E-state index contributed by atoms with van der Waals surface area (Å²) in [7, 11) is 4.92.